The first-order chi connectivity index (χ1) is 16.4. The van der Waals surface area contributed by atoms with Gasteiger partial charge in [-0.2, -0.15) is 0 Å². The van der Waals surface area contributed by atoms with Crippen molar-refractivity contribution in [1.82, 2.24) is 21.3 Å². The molecule has 0 unspecified atom stereocenters. The summed E-state index contributed by atoms with van der Waals surface area (Å²) in [5.41, 5.74) is 0.153. The van der Waals surface area contributed by atoms with Gasteiger partial charge in [-0.1, -0.05) is 0 Å². The monoisotopic (exact) mass is 468 g/mol. The standard InChI is InChI=1S/C28H44N4O2/c33-25(31-27-11-17-5-18(12-27)7-19(6-17)13-27)29-23-1-2-24(4-3-23)30-26(34)32-28-14-20-8-21(15-28)10-22(9-20)16-28/h17-24H,1-16H2,(H2,29,31,33)(H2,30,32,34)/t17?,18?,19?,20?,21?,22?,23-,24-,27?,28?. The van der Waals surface area contributed by atoms with Crippen molar-refractivity contribution >= 4 is 12.1 Å². The summed E-state index contributed by atoms with van der Waals surface area (Å²) < 4.78 is 0. The van der Waals surface area contributed by atoms with Crippen LogP contribution in [-0.4, -0.2) is 35.2 Å². The van der Waals surface area contributed by atoms with E-state index in [-0.39, 0.29) is 35.2 Å². The Bertz CT molecular complexity index is 694. The lowest BCUT2D eigenvalue weighted by molar-refractivity contribution is -0.0142. The molecule has 0 aromatic heterocycles. The summed E-state index contributed by atoms with van der Waals surface area (Å²) in [5.74, 6) is 5.07. The van der Waals surface area contributed by atoms with E-state index < -0.39 is 0 Å². The van der Waals surface area contributed by atoms with E-state index in [0.717, 1.165) is 61.2 Å². The summed E-state index contributed by atoms with van der Waals surface area (Å²) in [4.78, 5) is 25.8. The summed E-state index contributed by atoms with van der Waals surface area (Å²) in [6.45, 7) is 0. The maximum absolute atomic E-state index is 12.9. The number of carbonyl (C=O) groups is 2. The summed E-state index contributed by atoms with van der Waals surface area (Å²) in [5, 5.41) is 13.5. The summed E-state index contributed by atoms with van der Waals surface area (Å²) >= 11 is 0. The van der Waals surface area contributed by atoms with Gasteiger partial charge in [0, 0.05) is 23.2 Å². The lowest BCUT2D eigenvalue weighted by Gasteiger charge is -2.57. The van der Waals surface area contributed by atoms with Crippen LogP contribution in [-0.2, 0) is 0 Å². The van der Waals surface area contributed by atoms with Gasteiger partial charge in [0.25, 0.3) is 0 Å². The first-order valence-corrected chi connectivity index (χ1v) is 14.6. The molecule has 0 aliphatic heterocycles. The average molecular weight is 469 g/mol. The van der Waals surface area contributed by atoms with Crippen molar-refractivity contribution in [2.45, 2.75) is 126 Å². The Morgan fingerprint density at radius 1 is 0.471 bits per heavy atom. The molecule has 0 aromatic rings. The second-order valence-corrected chi connectivity index (χ2v) is 14.1. The lowest BCUT2D eigenvalue weighted by atomic mass is 9.53. The van der Waals surface area contributed by atoms with E-state index in [2.05, 4.69) is 21.3 Å². The lowest BCUT2D eigenvalue weighted by Crippen LogP contribution is -2.63. The van der Waals surface area contributed by atoms with Crippen LogP contribution < -0.4 is 21.3 Å². The fraction of sp³-hybridized carbons (Fsp3) is 0.929. The fourth-order valence-electron chi connectivity index (χ4n) is 10.8. The fourth-order valence-corrected chi connectivity index (χ4v) is 10.8. The quantitative estimate of drug-likeness (QED) is 0.476. The van der Waals surface area contributed by atoms with Gasteiger partial charge in [-0.05, 0) is 138 Å². The molecule has 9 fully saturated rings. The molecule has 9 rings (SSSR count). The first kappa shape index (κ1) is 21.8. The molecule has 8 bridgehead atoms. The molecule has 0 spiro atoms. The number of urea groups is 2. The van der Waals surface area contributed by atoms with Crippen molar-refractivity contribution in [3.8, 4) is 0 Å². The van der Waals surface area contributed by atoms with Crippen LogP contribution in [0.4, 0.5) is 9.59 Å². The Morgan fingerprint density at radius 3 is 1.00 bits per heavy atom. The van der Waals surface area contributed by atoms with Gasteiger partial charge in [-0.25, -0.2) is 9.59 Å². The molecule has 0 radical (unpaired) electrons. The highest BCUT2D eigenvalue weighted by Gasteiger charge is 2.52. The minimum Gasteiger partial charge on any atom is -0.335 e. The van der Waals surface area contributed by atoms with Crippen molar-refractivity contribution in [3.05, 3.63) is 0 Å². The zero-order valence-electron chi connectivity index (χ0n) is 20.7. The molecule has 0 aromatic carbocycles. The maximum Gasteiger partial charge on any atom is 0.315 e. The van der Waals surface area contributed by atoms with Crippen LogP contribution in [0.2, 0.25) is 0 Å². The number of nitrogens with one attached hydrogen (secondary N) is 4. The minimum absolute atomic E-state index is 0.0536. The molecule has 9 saturated carbocycles. The van der Waals surface area contributed by atoms with Gasteiger partial charge in [0.2, 0.25) is 0 Å². The smallest absolute Gasteiger partial charge is 0.315 e. The van der Waals surface area contributed by atoms with Gasteiger partial charge in [0.1, 0.15) is 0 Å². The van der Waals surface area contributed by atoms with Crippen LogP contribution in [0, 0.1) is 35.5 Å². The normalized spacial score (nSPS) is 50.1. The molecule has 9 aliphatic rings. The van der Waals surface area contributed by atoms with Crippen LogP contribution >= 0.6 is 0 Å². The van der Waals surface area contributed by atoms with Crippen LogP contribution in [0.3, 0.4) is 0 Å². The molecule has 188 valence electrons. The zero-order valence-corrected chi connectivity index (χ0v) is 20.7. The molecule has 0 atom stereocenters. The molecule has 4 amide bonds. The van der Waals surface area contributed by atoms with Gasteiger partial charge in [-0.15, -0.1) is 0 Å². The highest BCUT2D eigenvalue weighted by molar-refractivity contribution is 5.76. The molecule has 6 nitrogen and oxygen atoms in total. The van der Waals surface area contributed by atoms with Gasteiger partial charge in [0.05, 0.1) is 0 Å². The van der Waals surface area contributed by atoms with Crippen LogP contribution in [0.1, 0.15) is 103 Å². The van der Waals surface area contributed by atoms with E-state index in [1.165, 1.54) is 77.0 Å². The first-order valence-electron chi connectivity index (χ1n) is 14.6. The van der Waals surface area contributed by atoms with Crippen molar-refractivity contribution < 1.29 is 9.59 Å². The second-order valence-electron chi connectivity index (χ2n) is 14.1. The highest BCUT2D eigenvalue weighted by Crippen LogP contribution is 2.56. The number of rotatable bonds is 4. The van der Waals surface area contributed by atoms with E-state index in [0.29, 0.717) is 0 Å². The number of amides is 4. The number of hydrogen-bond acceptors (Lipinski definition) is 2. The van der Waals surface area contributed by atoms with Crippen molar-refractivity contribution in [3.63, 3.8) is 0 Å². The van der Waals surface area contributed by atoms with Gasteiger partial charge < -0.3 is 21.3 Å². The van der Waals surface area contributed by atoms with E-state index in [1.54, 1.807) is 0 Å². The predicted molar refractivity (Wildman–Crippen MR) is 131 cm³/mol. The third-order valence-electron chi connectivity index (χ3n) is 11.2. The highest BCUT2D eigenvalue weighted by atomic mass is 16.2. The molecule has 6 heteroatoms. The van der Waals surface area contributed by atoms with Crippen LogP contribution in [0.5, 0.6) is 0 Å². The summed E-state index contributed by atoms with van der Waals surface area (Å²) in [6.07, 6.45) is 19.4. The largest absolute Gasteiger partial charge is 0.335 e. The molecule has 34 heavy (non-hydrogen) atoms. The third-order valence-corrected chi connectivity index (χ3v) is 11.2. The molecule has 0 saturated heterocycles. The number of carbonyl (C=O) groups excluding carboxylic acids is 2. The Kier molecular flexibility index (Phi) is 5.14. The van der Waals surface area contributed by atoms with Gasteiger partial charge >= 0.3 is 12.1 Å². The van der Waals surface area contributed by atoms with E-state index in [4.69, 9.17) is 0 Å². The average Bonchev–Trinajstić information content (AvgIpc) is 2.72. The third kappa shape index (κ3) is 4.11. The molecule has 9 aliphatic carbocycles. The minimum atomic E-state index is 0.0536. The van der Waals surface area contributed by atoms with Gasteiger partial charge in [0.15, 0.2) is 0 Å². The van der Waals surface area contributed by atoms with E-state index in [9.17, 15) is 9.59 Å². The van der Waals surface area contributed by atoms with Crippen molar-refractivity contribution in [1.29, 1.82) is 0 Å². The molecular formula is C28H44N4O2. The number of hydrogen-bond donors (Lipinski definition) is 4. The maximum atomic E-state index is 12.9. The van der Waals surface area contributed by atoms with E-state index in [1.807, 2.05) is 0 Å². The molecular weight excluding hydrogens is 424 g/mol. The Labute approximate surface area is 204 Å². The SMILES string of the molecule is O=C(NC12CC3CC(CC(C3)C1)C2)N[C@H]1CC[C@H](NC(=O)NC23CC4CC(CC(C4)C2)C3)CC1. The van der Waals surface area contributed by atoms with E-state index >= 15 is 0 Å². The Hall–Kier alpha value is -1.46. The predicted octanol–water partition coefficient (Wildman–Crippen LogP) is 4.83. The Morgan fingerprint density at radius 2 is 0.735 bits per heavy atom. The topological polar surface area (TPSA) is 82.3 Å². The van der Waals surface area contributed by atoms with Gasteiger partial charge in [-0.3, -0.25) is 0 Å². The zero-order chi connectivity index (χ0) is 22.9. The second kappa shape index (κ2) is 8.03. The molecule has 4 N–H and O–H groups in total. The Balaban J connectivity index is 0.864. The summed E-state index contributed by atoms with van der Waals surface area (Å²) in [7, 11) is 0. The summed E-state index contributed by atoms with van der Waals surface area (Å²) in [6, 6.07) is 0.576. The van der Waals surface area contributed by atoms with Crippen molar-refractivity contribution in [2.24, 2.45) is 35.5 Å². The van der Waals surface area contributed by atoms with Crippen molar-refractivity contribution in [2.75, 3.05) is 0 Å². The van der Waals surface area contributed by atoms with Crippen LogP contribution in [0.25, 0.3) is 0 Å². The van der Waals surface area contributed by atoms with Crippen LogP contribution in [0.15, 0.2) is 0 Å². The molecule has 0 heterocycles.